The summed E-state index contributed by atoms with van der Waals surface area (Å²) in [7, 11) is 1.69. The van der Waals surface area contributed by atoms with E-state index in [2.05, 4.69) is 17.4 Å². The van der Waals surface area contributed by atoms with Crippen molar-refractivity contribution in [2.45, 2.75) is 20.4 Å². The number of methoxy groups -OCH3 is 1. The van der Waals surface area contributed by atoms with Crippen LogP contribution in [0.15, 0.2) is 12.1 Å². The van der Waals surface area contributed by atoms with Crippen LogP contribution in [0.1, 0.15) is 16.7 Å². The fourth-order valence-corrected chi connectivity index (χ4v) is 1.92. The normalized spacial score (nSPS) is 10.7. The van der Waals surface area contributed by atoms with E-state index in [1.54, 1.807) is 7.11 Å². The van der Waals surface area contributed by atoms with E-state index < -0.39 is 6.67 Å². The Morgan fingerprint density at radius 2 is 1.83 bits per heavy atom. The molecule has 0 atom stereocenters. The first-order chi connectivity index (χ1) is 8.69. The van der Waals surface area contributed by atoms with Gasteiger partial charge in [-0.25, -0.2) is 4.39 Å². The number of aryl methyl sites for hydroxylation is 2. The van der Waals surface area contributed by atoms with Gasteiger partial charge in [0.1, 0.15) is 19.0 Å². The van der Waals surface area contributed by atoms with Crippen LogP contribution in [-0.2, 0) is 11.3 Å². The van der Waals surface area contributed by atoms with E-state index in [4.69, 9.17) is 9.47 Å². The Kier molecular flexibility index (Phi) is 6.68. The number of ether oxygens (including phenoxy) is 2. The summed E-state index contributed by atoms with van der Waals surface area (Å²) in [4.78, 5) is 0. The standard InChI is InChI=1S/C14H22FNO2/c1-11-8-13(10-16-5-7-17-3)9-12(2)14(11)18-6-4-15/h8-9,16H,4-7,10H2,1-3H3. The second-order valence-corrected chi connectivity index (χ2v) is 4.27. The molecule has 0 aliphatic heterocycles. The van der Waals surface area contributed by atoms with Crippen LogP contribution in [0, 0.1) is 13.8 Å². The summed E-state index contributed by atoms with van der Waals surface area (Å²) < 4.78 is 22.5. The van der Waals surface area contributed by atoms with Gasteiger partial charge in [0.25, 0.3) is 0 Å². The van der Waals surface area contributed by atoms with Gasteiger partial charge in [0.15, 0.2) is 0 Å². The number of hydrogen-bond donors (Lipinski definition) is 1. The first-order valence-corrected chi connectivity index (χ1v) is 6.17. The van der Waals surface area contributed by atoms with Crippen molar-refractivity contribution in [1.29, 1.82) is 0 Å². The van der Waals surface area contributed by atoms with Crippen molar-refractivity contribution in [3.8, 4) is 5.75 Å². The maximum atomic E-state index is 12.1. The maximum Gasteiger partial charge on any atom is 0.125 e. The molecule has 0 saturated heterocycles. The zero-order valence-electron chi connectivity index (χ0n) is 11.4. The molecule has 0 amide bonds. The third-order valence-electron chi connectivity index (χ3n) is 2.66. The predicted octanol–water partition coefficient (Wildman–Crippen LogP) is 2.39. The lowest BCUT2D eigenvalue weighted by Gasteiger charge is -2.13. The molecule has 1 aromatic rings. The van der Waals surface area contributed by atoms with Gasteiger partial charge < -0.3 is 14.8 Å². The molecule has 0 radical (unpaired) electrons. The minimum absolute atomic E-state index is 0.118. The highest BCUT2D eigenvalue weighted by Gasteiger charge is 2.06. The van der Waals surface area contributed by atoms with E-state index in [0.29, 0.717) is 6.61 Å². The van der Waals surface area contributed by atoms with Crippen LogP contribution in [0.4, 0.5) is 4.39 Å². The van der Waals surface area contributed by atoms with Crippen LogP contribution >= 0.6 is 0 Å². The molecule has 102 valence electrons. The van der Waals surface area contributed by atoms with E-state index in [1.165, 1.54) is 5.56 Å². The molecular weight excluding hydrogens is 233 g/mol. The summed E-state index contributed by atoms with van der Waals surface area (Å²) in [5.41, 5.74) is 3.30. The largest absolute Gasteiger partial charge is 0.490 e. The van der Waals surface area contributed by atoms with E-state index >= 15 is 0 Å². The first-order valence-electron chi connectivity index (χ1n) is 6.17. The molecule has 0 aromatic heterocycles. The molecule has 1 N–H and O–H groups in total. The van der Waals surface area contributed by atoms with Crippen molar-refractivity contribution >= 4 is 0 Å². The van der Waals surface area contributed by atoms with Crippen molar-refractivity contribution in [2.75, 3.05) is 33.5 Å². The Morgan fingerprint density at radius 1 is 1.17 bits per heavy atom. The first kappa shape index (κ1) is 14.9. The number of halogens is 1. The second-order valence-electron chi connectivity index (χ2n) is 4.27. The van der Waals surface area contributed by atoms with Crippen molar-refractivity contribution in [3.63, 3.8) is 0 Å². The maximum absolute atomic E-state index is 12.1. The Balaban J connectivity index is 2.61. The highest BCUT2D eigenvalue weighted by Crippen LogP contribution is 2.24. The summed E-state index contributed by atoms with van der Waals surface area (Å²) in [6, 6.07) is 4.14. The molecule has 3 nitrogen and oxygen atoms in total. The number of alkyl halides is 1. The number of rotatable bonds is 8. The van der Waals surface area contributed by atoms with Crippen LogP contribution in [0.2, 0.25) is 0 Å². The molecule has 1 aromatic carbocycles. The van der Waals surface area contributed by atoms with E-state index in [0.717, 1.165) is 30.0 Å². The van der Waals surface area contributed by atoms with Crippen molar-refractivity contribution in [3.05, 3.63) is 28.8 Å². The molecule has 0 fully saturated rings. The lowest BCUT2D eigenvalue weighted by molar-refractivity contribution is 0.199. The molecular formula is C14H22FNO2. The van der Waals surface area contributed by atoms with Crippen molar-refractivity contribution in [2.24, 2.45) is 0 Å². The Hall–Kier alpha value is -1.13. The molecule has 0 aliphatic rings. The highest BCUT2D eigenvalue weighted by molar-refractivity contribution is 5.43. The fraction of sp³-hybridized carbons (Fsp3) is 0.571. The molecule has 0 spiro atoms. The summed E-state index contributed by atoms with van der Waals surface area (Å²) in [6.45, 7) is 5.96. The van der Waals surface area contributed by atoms with Gasteiger partial charge in [-0.3, -0.25) is 0 Å². The lowest BCUT2D eigenvalue weighted by atomic mass is 10.1. The Morgan fingerprint density at radius 3 is 2.39 bits per heavy atom. The van der Waals surface area contributed by atoms with Gasteiger partial charge in [-0.2, -0.15) is 0 Å². The lowest BCUT2D eigenvalue weighted by Crippen LogP contribution is -2.18. The van der Waals surface area contributed by atoms with Gasteiger partial charge in [-0.05, 0) is 30.5 Å². The third kappa shape index (κ3) is 4.63. The zero-order chi connectivity index (χ0) is 13.4. The SMILES string of the molecule is COCCNCc1cc(C)c(OCCF)c(C)c1. The van der Waals surface area contributed by atoms with Crippen LogP contribution in [0.25, 0.3) is 0 Å². The van der Waals surface area contributed by atoms with Gasteiger partial charge >= 0.3 is 0 Å². The van der Waals surface area contributed by atoms with Crippen molar-refractivity contribution in [1.82, 2.24) is 5.32 Å². The van der Waals surface area contributed by atoms with Gasteiger partial charge in [-0.15, -0.1) is 0 Å². The van der Waals surface area contributed by atoms with Crippen LogP contribution < -0.4 is 10.1 Å². The minimum atomic E-state index is -0.459. The van der Waals surface area contributed by atoms with Crippen LogP contribution in [-0.4, -0.2) is 33.5 Å². The minimum Gasteiger partial charge on any atom is -0.490 e. The van der Waals surface area contributed by atoms with E-state index in [9.17, 15) is 4.39 Å². The summed E-state index contributed by atoms with van der Waals surface area (Å²) in [6.07, 6.45) is 0. The third-order valence-corrected chi connectivity index (χ3v) is 2.66. The van der Waals surface area contributed by atoms with Crippen LogP contribution in [0.5, 0.6) is 5.75 Å². The zero-order valence-corrected chi connectivity index (χ0v) is 11.4. The molecule has 0 aliphatic carbocycles. The summed E-state index contributed by atoms with van der Waals surface area (Å²) in [5, 5.41) is 3.29. The molecule has 1 rings (SSSR count). The number of nitrogens with one attached hydrogen (secondary N) is 1. The molecule has 0 unspecified atom stereocenters. The molecule has 0 saturated carbocycles. The van der Waals surface area contributed by atoms with Gasteiger partial charge in [0.05, 0.1) is 6.61 Å². The summed E-state index contributed by atoms with van der Waals surface area (Å²) >= 11 is 0. The average Bonchev–Trinajstić information content (AvgIpc) is 2.34. The predicted molar refractivity (Wildman–Crippen MR) is 71.0 cm³/mol. The second kappa shape index (κ2) is 8.06. The van der Waals surface area contributed by atoms with E-state index in [-0.39, 0.29) is 6.61 Å². The number of hydrogen-bond acceptors (Lipinski definition) is 3. The van der Waals surface area contributed by atoms with Gasteiger partial charge in [0.2, 0.25) is 0 Å². The summed E-state index contributed by atoms with van der Waals surface area (Å²) in [5.74, 6) is 0.799. The molecule has 18 heavy (non-hydrogen) atoms. The average molecular weight is 255 g/mol. The fourth-order valence-electron chi connectivity index (χ4n) is 1.92. The topological polar surface area (TPSA) is 30.5 Å². The Labute approximate surface area is 108 Å². The van der Waals surface area contributed by atoms with Crippen LogP contribution in [0.3, 0.4) is 0 Å². The van der Waals surface area contributed by atoms with E-state index in [1.807, 2.05) is 13.8 Å². The number of benzene rings is 1. The highest BCUT2D eigenvalue weighted by atomic mass is 19.1. The van der Waals surface area contributed by atoms with Crippen molar-refractivity contribution < 1.29 is 13.9 Å². The smallest absolute Gasteiger partial charge is 0.125 e. The quantitative estimate of drug-likeness (QED) is 0.723. The van der Waals surface area contributed by atoms with Gasteiger partial charge in [-0.1, -0.05) is 12.1 Å². The monoisotopic (exact) mass is 255 g/mol. The molecule has 4 heteroatoms. The van der Waals surface area contributed by atoms with Gasteiger partial charge in [0, 0.05) is 20.2 Å². The molecule has 0 heterocycles. The Bertz CT molecular complexity index is 346. The molecule has 0 bridgehead atoms.